The Labute approximate surface area is 192 Å². The van der Waals surface area contributed by atoms with Crippen molar-refractivity contribution in [2.45, 2.75) is 49.9 Å². The molecule has 4 heterocycles. The van der Waals surface area contributed by atoms with E-state index in [1.54, 1.807) is 6.20 Å². The Bertz CT molecular complexity index is 867. The number of carbonyl (C=O) groups is 1. The molecule has 1 aromatic heterocycles. The molecule has 33 heavy (non-hydrogen) atoms. The maximum absolute atomic E-state index is 13.5. The third-order valence-electron chi connectivity index (χ3n) is 7.98. The second-order valence-corrected chi connectivity index (χ2v) is 10.0. The number of halogens is 3. The molecular weight excluding hydrogens is 433 g/mol. The van der Waals surface area contributed by atoms with Crippen LogP contribution >= 0.6 is 0 Å². The topological polar surface area (TPSA) is 63.7 Å². The van der Waals surface area contributed by atoms with E-state index >= 15 is 0 Å². The number of hydrazine groups is 1. The molecule has 4 fully saturated rings. The van der Waals surface area contributed by atoms with Crippen LogP contribution in [0.15, 0.2) is 18.3 Å². The van der Waals surface area contributed by atoms with Crippen molar-refractivity contribution in [1.29, 1.82) is 0 Å². The summed E-state index contributed by atoms with van der Waals surface area (Å²) in [5.41, 5.74) is 7.32. The van der Waals surface area contributed by atoms with Crippen molar-refractivity contribution in [3.05, 3.63) is 23.9 Å². The summed E-state index contributed by atoms with van der Waals surface area (Å²) < 4.78 is 40.4. The van der Waals surface area contributed by atoms with Gasteiger partial charge in [-0.15, -0.1) is 0 Å². The van der Waals surface area contributed by atoms with E-state index in [1.807, 2.05) is 6.07 Å². The Morgan fingerprint density at radius 3 is 2.85 bits per heavy atom. The number of nitrogens with zero attached hydrogens (tertiary/aromatic N) is 4. The van der Waals surface area contributed by atoms with Crippen LogP contribution in [-0.2, 0) is 4.79 Å². The summed E-state index contributed by atoms with van der Waals surface area (Å²) in [4.78, 5) is 23.6. The minimum atomic E-state index is -4.41. The van der Waals surface area contributed by atoms with Gasteiger partial charge in [-0.3, -0.25) is 15.6 Å². The SMILES string of the molecule is CN1CCCN(c2ncccc2C2CCC3C4NNCC4C(=O)N(CC(F)(F)F)C3C2)CC1. The highest BCUT2D eigenvalue weighted by Crippen LogP contribution is 2.46. The molecular formula is C23H33F3N6O. The fourth-order valence-electron chi connectivity index (χ4n) is 6.41. The highest BCUT2D eigenvalue weighted by Gasteiger charge is 2.54. The zero-order chi connectivity index (χ0) is 23.2. The minimum Gasteiger partial charge on any atom is -0.355 e. The third kappa shape index (κ3) is 4.57. The quantitative estimate of drug-likeness (QED) is 0.711. The zero-order valence-electron chi connectivity index (χ0n) is 19.0. The van der Waals surface area contributed by atoms with E-state index in [1.165, 1.54) is 0 Å². The van der Waals surface area contributed by atoms with Crippen LogP contribution < -0.4 is 15.8 Å². The van der Waals surface area contributed by atoms with Crippen molar-refractivity contribution in [3.8, 4) is 0 Å². The molecule has 5 atom stereocenters. The molecule has 0 aromatic carbocycles. The Morgan fingerprint density at radius 1 is 1.18 bits per heavy atom. The van der Waals surface area contributed by atoms with Crippen molar-refractivity contribution in [3.63, 3.8) is 0 Å². The van der Waals surface area contributed by atoms with Gasteiger partial charge in [0.1, 0.15) is 12.4 Å². The number of hydrogen-bond acceptors (Lipinski definition) is 6. The average molecular weight is 467 g/mol. The maximum atomic E-state index is 13.5. The number of likely N-dealkylation sites (tertiary alicyclic amines) is 1. The van der Waals surface area contributed by atoms with Crippen LogP contribution in [0.2, 0.25) is 0 Å². The molecule has 0 bridgehead atoms. The van der Waals surface area contributed by atoms with Crippen LogP contribution in [0.1, 0.15) is 37.2 Å². The van der Waals surface area contributed by atoms with Gasteiger partial charge >= 0.3 is 6.18 Å². The molecule has 3 aliphatic heterocycles. The van der Waals surface area contributed by atoms with Crippen LogP contribution in [0.4, 0.5) is 19.0 Å². The lowest BCUT2D eigenvalue weighted by Gasteiger charge is -2.50. The van der Waals surface area contributed by atoms with Crippen LogP contribution in [-0.4, -0.2) is 85.3 Å². The first kappa shape index (κ1) is 22.9. The van der Waals surface area contributed by atoms with Crippen molar-refractivity contribution >= 4 is 11.7 Å². The number of piperidine rings is 1. The number of anilines is 1. The summed E-state index contributed by atoms with van der Waals surface area (Å²) in [5, 5.41) is 0. The van der Waals surface area contributed by atoms with Gasteiger partial charge in [-0.25, -0.2) is 4.98 Å². The van der Waals surface area contributed by atoms with Crippen molar-refractivity contribution in [2.75, 3.05) is 51.2 Å². The highest BCUT2D eigenvalue weighted by molar-refractivity contribution is 5.82. The molecule has 182 valence electrons. The van der Waals surface area contributed by atoms with Crippen LogP contribution in [0.5, 0.6) is 0 Å². The second kappa shape index (κ2) is 9.03. The Hall–Kier alpha value is -1.91. The number of aromatic nitrogens is 1. The van der Waals surface area contributed by atoms with Gasteiger partial charge < -0.3 is 14.7 Å². The van der Waals surface area contributed by atoms with E-state index in [2.05, 4.69) is 33.8 Å². The monoisotopic (exact) mass is 466 g/mol. The number of hydrogen-bond donors (Lipinski definition) is 2. The van der Waals surface area contributed by atoms with Crippen molar-refractivity contribution < 1.29 is 18.0 Å². The van der Waals surface area contributed by atoms with Crippen LogP contribution in [0.25, 0.3) is 0 Å². The fraction of sp³-hybridized carbons (Fsp3) is 0.739. The van der Waals surface area contributed by atoms with Gasteiger partial charge in [0.2, 0.25) is 5.91 Å². The molecule has 3 saturated heterocycles. The lowest BCUT2D eigenvalue weighted by molar-refractivity contribution is -0.178. The number of rotatable bonds is 3. The standard InChI is InChI=1S/C23H33F3N6O/c1-30-8-3-9-31(11-10-30)21-16(4-2-7-27-21)15-5-6-17-19(12-15)32(14-23(24,25)26)22(33)18-13-28-29-20(17)18/h2,4,7,15,17-20,28-29H,3,5-6,8-14H2,1H3. The van der Waals surface area contributed by atoms with E-state index in [0.29, 0.717) is 13.0 Å². The number of fused-ring (bicyclic) bond motifs is 3. The molecule has 1 aliphatic carbocycles. The Kier molecular flexibility index (Phi) is 6.26. The summed E-state index contributed by atoms with van der Waals surface area (Å²) >= 11 is 0. The minimum absolute atomic E-state index is 0.0215. The Balaban J connectivity index is 1.42. The van der Waals surface area contributed by atoms with Gasteiger partial charge in [-0.2, -0.15) is 13.2 Å². The van der Waals surface area contributed by atoms with Gasteiger partial charge in [-0.1, -0.05) is 6.07 Å². The number of carbonyl (C=O) groups excluding carboxylic acids is 1. The first-order valence-electron chi connectivity index (χ1n) is 12.1. The number of amides is 1. The fourth-order valence-corrected chi connectivity index (χ4v) is 6.41. The molecule has 1 aromatic rings. The van der Waals surface area contributed by atoms with Crippen molar-refractivity contribution in [2.24, 2.45) is 11.8 Å². The normalized spacial score (nSPS) is 33.6. The summed E-state index contributed by atoms with van der Waals surface area (Å²) in [6.07, 6.45) is 0.687. The predicted molar refractivity (Wildman–Crippen MR) is 119 cm³/mol. The number of likely N-dealkylation sites (N-methyl/N-ethyl adjacent to an activating group) is 1. The molecule has 10 heteroatoms. The molecule has 4 aliphatic rings. The molecule has 0 radical (unpaired) electrons. The molecule has 5 unspecified atom stereocenters. The predicted octanol–water partition coefficient (Wildman–Crippen LogP) is 1.97. The number of pyridine rings is 1. The highest BCUT2D eigenvalue weighted by atomic mass is 19.4. The maximum Gasteiger partial charge on any atom is 0.406 e. The van der Waals surface area contributed by atoms with E-state index in [4.69, 9.17) is 4.98 Å². The van der Waals surface area contributed by atoms with Gasteiger partial charge in [0.25, 0.3) is 0 Å². The first-order valence-corrected chi connectivity index (χ1v) is 12.1. The van der Waals surface area contributed by atoms with E-state index in [0.717, 1.165) is 61.7 Å². The average Bonchev–Trinajstić information content (AvgIpc) is 3.18. The summed E-state index contributed by atoms with van der Waals surface area (Å²) in [5.74, 6) is 0.268. The lowest BCUT2D eigenvalue weighted by Crippen LogP contribution is -2.63. The molecule has 2 N–H and O–H groups in total. The van der Waals surface area contributed by atoms with E-state index in [9.17, 15) is 18.0 Å². The lowest BCUT2D eigenvalue weighted by atomic mass is 9.67. The molecule has 5 rings (SSSR count). The molecule has 1 saturated carbocycles. The van der Waals surface area contributed by atoms with Gasteiger partial charge in [0.15, 0.2) is 0 Å². The zero-order valence-corrected chi connectivity index (χ0v) is 19.0. The first-order chi connectivity index (χ1) is 15.8. The molecule has 7 nitrogen and oxygen atoms in total. The molecule has 1 amide bonds. The number of alkyl halides is 3. The van der Waals surface area contributed by atoms with Crippen molar-refractivity contribution in [1.82, 2.24) is 25.6 Å². The van der Waals surface area contributed by atoms with Crippen LogP contribution in [0.3, 0.4) is 0 Å². The van der Waals surface area contributed by atoms with Gasteiger partial charge in [0.05, 0.1) is 5.92 Å². The number of nitrogens with one attached hydrogen (secondary N) is 2. The molecule has 0 spiro atoms. The van der Waals surface area contributed by atoms with Crippen LogP contribution in [0, 0.1) is 11.8 Å². The van der Waals surface area contributed by atoms with E-state index in [-0.39, 0.29) is 23.8 Å². The summed E-state index contributed by atoms with van der Waals surface area (Å²) in [7, 11) is 2.12. The van der Waals surface area contributed by atoms with Gasteiger partial charge in [-0.05, 0) is 62.7 Å². The summed E-state index contributed by atoms with van der Waals surface area (Å²) in [6, 6.07) is 3.49. The second-order valence-electron chi connectivity index (χ2n) is 10.0. The largest absolute Gasteiger partial charge is 0.406 e. The summed E-state index contributed by atoms with van der Waals surface area (Å²) in [6.45, 7) is 3.04. The third-order valence-corrected chi connectivity index (χ3v) is 7.98. The smallest absolute Gasteiger partial charge is 0.355 e. The Morgan fingerprint density at radius 2 is 2.03 bits per heavy atom. The van der Waals surface area contributed by atoms with E-state index < -0.39 is 24.7 Å². The van der Waals surface area contributed by atoms with Gasteiger partial charge in [0, 0.05) is 44.5 Å².